The summed E-state index contributed by atoms with van der Waals surface area (Å²) in [6.07, 6.45) is 7.69. The minimum atomic E-state index is -0.287. The molecule has 1 saturated carbocycles. The van der Waals surface area contributed by atoms with Gasteiger partial charge in [0.05, 0.1) is 5.69 Å². The molecule has 4 rings (SSSR count). The molecule has 0 aliphatic heterocycles. The van der Waals surface area contributed by atoms with Gasteiger partial charge in [-0.15, -0.1) is 0 Å². The van der Waals surface area contributed by atoms with Crippen LogP contribution in [0.1, 0.15) is 38.5 Å². The minimum Gasteiger partial charge on any atom is -0.370 e. The van der Waals surface area contributed by atoms with Gasteiger partial charge in [0.15, 0.2) is 0 Å². The number of nitrogens with two attached hydrogens (primary N) is 1. The van der Waals surface area contributed by atoms with Crippen molar-refractivity contribution in [1.82, 2.24) is 19.6 Å². The molecule has 3 N–H and O–H groups in total. The fourth-order valence-corrected chi connectivity index (χ4v) is 3.95. The van der Waals surface area contributed by atoms with E-state index in [-0.39, 0.29) is 11.9 Å². The minimum absolute atomic E-state index is 0.0128. The quantitative estimate of drug-likeness (QED) is 0.700. The van der Waals surface area contributed by atoms with Crippen LogP contribution in [0.2, 0.25) is 0 Å². The number of nitrogens with zero attached hydrogens (tertiary/aromatic N) is 4. The Kier molecular flexibility index (Phi) is 5.00. The number of hydrogen-bond donors (Lipinski definition) is 2. The smallest absolute Gasteiger partial charge is 0.254 e. The van der Waals surface area contributed by atoms with E-state index < -0.39 is 0 Å². The van der Waals surface area contributed by atoms with Crippen molar-refractivity contribution in [2.45, 2.75) is 44.6 Å². The number of nitrogens with one attached hydrogen (secondary N) is 1. The van der Waals surface area contributed by atoms with Crippen molar-refractivity contribution in [3.8, 4) is 11.3 Å². The molecule has 1 unspecified atom stereocenters. The van der Waals surface area contributed by atoms with E-state index in [1.54, 1.807) is 4.52 Å². The molecule has 0 radical (unpaired) electrons. The van der Waals surface area contributed by atoms with Crippen LogP contribution in [0.4, 0.5) is 5.82 Å². The normalized spacial score (nSPS) is 16.3. The summed E-state index contributed by atoms with van der Waals surface area (Å²) in [4.78, 5) is 20.5. The van der Waals surface area contributed by atoms with Gasteiger partial charge in [-0.25, -0.2) is 4.98 Å². The second-order valence-electron chi connectivity index (χ2n) is 7.18. The summed E-state index contributed by atoms with van der Waals surface area (Å²) in [6, 6.07) is 11.9. The predicted octanol–water partition coefficient (Wildman–Crippen LogP) is 3.03. The Bertz CT molecular complexity index is 917. The van der Waals surface area contributed by atoms with Gasteiger partial charge in [-0.05, 0) is 18.8 Å². The molecule has 1 atom stereocenters. The summed E-state index contributed by atoms with van der Waals surface area (Å²) in [5.41, 5.74) is 7.37. The predicted molar refractivity (Wildman–Crippen MR) is 104 cm³/mol. The number of anilines is 1. The summed E-state index contributed by atoms with van der Waals surface area (Å²) >= 11 is 0. The molecule has 7 nitrogen and oxygen atoms in total. The zero-order valence-corrected chi connectivity index (χ0v) is 15.2. The molecule has 1 aromatic carbocycles. The van der Waals surface area contributed by atoms with Crippen LogP contribution in [0.25, 0.3) is 17.0 Å². The van der Waals surface area contributed by atoms with Gasteiger partial charge in [0, 0.05) is 24.1 Å². The number of fused-ring (bicyclic) bond motifs is 1. The Morgan fingerprint density at radius 1 is 1.22 bits per heavy atom. The van der Waals surface area contributed by atoms with E-state index in [0.717, 1.165) is 29.9 Å². The molecule has 2 heterocycles. The van der Waals surface area contributed by atoms with Crippen LogP contribution in [-0.4, -0.2) is 31.5 Å². The van der Waals surface area contributed by atoms with Gasteiger partial charge in [-0.1, -0.05) is 49.6 Å². The van der Waals surface area contributed by atoms with E-state index >= 15 is 0 Å². The molecule has 0 bridgehead atoms. The first-order chi connectivity index (χ1) is 13.2. The molecule has 7 heteroatoms. The third-order valence-corrected chi connectivity index (χ3v) is 5.29. The van der Waals surface area contributed by atoms with Crippen LogP contribution in [0, 0.1) is 5.92 Å². The molecule has 27 heavy (non-hydrogen) atoms. The lowest BCUT2D eigenvalue weighted by atomic mass is 9.82. The SMILES string of the molecule is NC(=O)CC(Nc1cc(-c2ccccc2)nc2ncnn12)C1CCCCC1. The number of benzene rings is 1. The van der Waals surface area contributed by atoms with Crippen LogP contribution in [-0.2, 0) is 4.79 Å². The maximum Gasteiger partial charge on any atom is 0.254 e. The number of carbonyl (C=O) groups excluding carboxylic acids is 1. The van der Waals surface area contributed by atoms with Crippen molar-refractivity contribution < 1.29 is 4.79 Å². The van der Waals surface area contributed by atoms with Crippen LogP contribution >= 0.6 is 0 Å². The Morgan fingerprint density at radius 3 is 2.74 bits per heavy atom. The van der Waals surface area contributed by atoms with Crippen LogP contribution in [0.3, 0.4) is 0 Å². The fraction of sp³-hybridized carbons (Fsp3) is 0.400. The topological polar surface area (TPSA) is 98.2 Å². The van der Waals surface area contributed by atoms with Gasteiger partial charge in [-0.3, -0.25) is 4.79 Å². The van der Waals surface area contributed by atoms with Crippen LogP contribution in [0.15, 0.2) is 42.7 Å². The molecule has 1 fully saturated rings. The fourth-order valence-electron chi connectivity index (χ4n) is 3.95. The average Bonchev–Trinajstić information content (AvgIpc) is 3.17. The summed E-state index contributed by atoms with van der Waals surface area (Å²) in [5.74, 6) is 1.46. The van der Waals surface area contributed by atoms with Crippen molar-refractivity contribution in [2.24, 2.45) is 11.7 Å². The highest BCUT2D eigenvalue weighted by Crippen LogP contribution is 2.30. The third kappa shape index (κ3) is 3.92. The van der Waals surface area contributed by atoms with Crippen molar-refractivity contribution in [2.75, 3.05) is 5.32 Å². The van der Waals surface area contributed by atoms with Crippen molar-refractivity contribution >= 4 is 17.5 Å². The first-order valence-electron chi connectivity index (χ1n) is 9.52. The Hall–Kier alpha value is -2.96. The van der Waals surface area contributed by atoms with Gasteiger partial charge < -0.3 is 11.1 Å². The van der Waals surface area contributed by atoms with Gasteiger partial charge in [-0.2, -0.15) is 14.6 Å². The van der Waals surface area contributed by atoms with Gasteiger partial charge in [0.2, 0.25) is 5.91 Å². The first kappa shape index (κ1) is 17.5. The highest BCUT2D eigenvalue weighted by atomic mass is 16.1. The van der Waals surface area contributed by atoms with Crippen LogP contribution in [0.5, 0.6) is 0 Å². The van der Waals surface area contributed by atoms with Crippen molar-refractivity contribution in [1.29, 1.82) is 0 Å². The van der Waals surface area contributed by atoms with Crippen molar-refractivity contribution in [3.05, 3.63) is 42.7 Å². The van der Waals surface area contributed by atoms with Gasteiger partial charge in [0.25, 0.3) is 5.78 Å². The zero-order valence-electron chi connectivity index (χ0n) is 15.2. The lowest BCUT2D eigenvalue weighted by molar-refractivity contribution is -0.118. The van der Waals surface area contributed by atoms with Gasteiger partial charge >= 0.3 is 0 Å². The Labute approximate surface area is 158 Å². The number of amides is 1. The highest BCUT2D eigenvalue weighted by Gasteiger charge is 2.26. The summed E-state index contributed by atoms with van der Waals surface area (Å²) in [7, 11) is 0. The number of aromatic nitrogens is 4. The van der Waals surface area contributed by atoms with E-state index in [9.17, 15) is 4.79 Å². The molecule has 0 saturated heterocycles. The number of primary amides is 1. The summed E-state index contributed by atoms with van der Waals surface area (Å²) in [6.45, 7) is 0. The van der Waals surface area contributed by atoms with E-state index in [2.05, 4.69) is 20.4 Å². The second kappa shape index (κ2) is 7.73. The Balaban J connectivity index is 1.70. The molecule has 0 spiro atoms. The van der Waals surface area contributed by atoms with E-state index in [1.807, 2.05) is 36.4 Å². The number of hydrogen-bond acceptors (Lipinski definition) is 5. The highest BCUT2D eigenvalue weighted by molar-refractivity contribution is 5.75. The summed E-state index contributed by atoms with van der Waals surface area (Å²) in [5, 5.41) is 7.83. The zero-order chi connectivity index (χ0) is 18.6. The monoisotopic (exact) mass is 364 g/mol. The van der Waals surface area contributed by atoms with E-state index in [4.69, 9.17) is 5.73 Å². The summed E-state index contributed by atoms with van der Waals surface area (Å²) < 4.78 is 1.68. The molecular weight excluding hydrogens is 340 g/mol. The lowest BCUT2D eigenvalue weighted by Crippen LogP contribution is -2.35. The van der Waals surface area contributed by atoms with Gasteiger partial charge in [0.1, 0.15) is 12.1 Å². The molecule has 1 amide bonds. The van der Waals surface area contributed by atoms with E-state index in [0.29, 0.717) is 18.1 Å². The molecule has 140 valence electrons. The van der Waals surface area contributed by atoms with Crippen molar-refractivity contribution in [3.63, 3.8) is 0 Å². The lowest BCUT2D eigenvalue weighted by Gasteiger charge is -2.31. The molecular formula is C20H24N6O. The molecule has 2 aromatic heterocycles. The first-order valence-corrected chi connectivity index (χ1v) is 9.52. The molecule has 1 aliphatic rings. The maximum atomic E-state index is 11.7. The standard InChI is InChI=1S/C20H24N6O/c21-18(27)11-16(14-7-3-1-4-8-14)24-19-12-17(15-9-5-2-6-10-15)25-20-22-13-23-26(19)20/h2,5-6,9-10,12-14,16,24H,1,3-4,7-8,11H2,(H2,21,27). The number of rotatable bonds is 6. The molecule has 3 aromatic rings. The average molecular weight is 364 g/mol. The molecule has 1 aliphatic carbocycles. The number of carbonyl (C=O) groups is 1. The second-order valence-corrected chi connectivity index (χ2v) is 7.18. The third-order valence-electron chi connectivity index (χ3n) is 5.29. The van der Waals surface area contributed by atoms with E-state index in [1.165, 1.54) is 25.6 Å². The Morgan fingerprint density at radius 2 is 2.00 bits per heavy atom. The van der Waals surface area contributed by atoms with Crippen LogP contribution < -0.4 is 11.1 Å². The maximum absolute atomic E-state index is 11.7. The largest absolute Gasteiger partial charge is 0.370 e.